The summed E-state index contributed by atoms with van der Waals surface area (Å²) in [5.41, 5.74) is 1.20. The van der Waals surface area contributed by atoms with Crippen LogP contribution in [-0.2, 0) is 12.0 Å². The molecule has 0 saturated carbocycles. The number of nitrogens with zero attached hydrogens (tertiary/aromatic N) is 2. The summed E-state index contributed by atoms with van der Waals surface area (Å²) in [6.07, 6.45) is 0. The van der Waals surface area contributed by atoms with Gasteiger partial charge in [-0.25, -0.2) is 9.48 Å². The van der Waals surface area contributed by atoms with Crippen LogP contribution in [-0.4, -0.2) is 20.9 Å². The number of aromatic nitrogens is 2. The van der Waals surface area contributed by atoms with Crippen LogP contribution in [0, 0.1) is 0 Å². The lowest BCUT2D eigenvalue weighted by molar-refractivity contribution is 0.0694. The van der Waals surface area contributed by atoms with E-state index in [4.69, 9.17) is 11.6 Å². The van der Waals surface area contributed by atoms with E-state index in [-0.39, 0.29) is 16.1 Å². The molecule has 4 nitrogen and oxygen atoms in total. The molecule has 0 aliphatic carbocycles. The van der Waals surface area contributed by atoms with Crippen LogP contribution in [0.1, 0.15) is 42.4 Å². The number of carboxylic acids is 1. The Hall–Kier alpha value is -1.33. The first-order chi connectivity index (χ1) is 9.70. The smallest absolute Gasteiger partial charge is 0.340 e. The van der Waals surface area contributed by atoms with Crippen molar-refractivity contribution >= 4 is 33.5 Å². The summed E-state index contributed by atoms with van der Waals surface area (Å²) in [6.45, 7) is 6.19. The standard InChI is InChI=1S/C15H16BrClN2O2/c1-15(2,3)12-11(14(20)21)13(17)19(18-12)8-9-4-6-10(16)7-5-9/h4-7H,8H2,1-3H3,(H,20,21). The minimum atomic E-state index is -1.05. The normalized spacial score (nSPS) is 11.7. The zero-order chi connectivity index (χ0) is 15.8. The van der Waals surface area contributed by atoms with Gasteiger partial charge in [-0.2, -0.15) is 5.10 Å². The third kappa shape index (κ3) is 3.47. The highest BCUT2D eigenvalue weighted by Gasteiger charge is 2.29. The van der Waals surface area contributed by atoms with Crippen molar-refractivity contribution < 1.29 is 9.90 Å². The molecule has 6 heteroatoms. The number of halogens is 2. The maximum Gasteiger partial charge on any atom is 0.340 e. The van der Waals surface area contributed by atoms with Gasteiger partial charge in [-0.1, -0.05) is 60.4 Å². The zero-order valence-electron chi connectivity index (χ0n) is 12.0. The van der Waals surface area contributed by atoms with Crippen molar-refractivity contribution in [2.45, 2.75) is 32.7 Å². The molecule has 0 amide bonds. The molecule has 2 aromatic rings. The summed E-state index contributed by atoms with van der Waals surface area (Å²) in [4.78, 5) is 11.5. The first-order valence-corrected chi connectivity index (χ1v) is 7.62. The maximum absolute atomic E-state index is 11.5. The van der Waals surface area contributed by atoms with Crippen LogP contribution < -0.4 is 0 Å². The van der Waals surface area contributed by atoms with Crippen LogP contribution in [0.2, 0.25) is 5.15 Å². The van der Waals surface area contributed by atoms with Gasteiger partial charge in [0.1, 0.15) is 10.7 Å². The Morgan fingerprint density at radius 2 is 1.90 bits per heavy atom. The average molecular weight is 372 g/mol. The Morgan fingerprint density at radius 1 is 1.33 bits per heavy atom. The number of aromatic carboxylic acids is 1. The van der Waals surface area contributed by atoms with E-state index in [0.29, 0.717) is 12.2 Å². The second kappa shape index (κ2) is 5.81. The van der Waals surface area contributed by atoms with E-state index >= 15 is 0 Å². The van der Waals surface area contributed by atoms with Gasteiger partial charge in [-0.05, 0) is 17.7 Å². The average Bonchev–Trinajstić information content (AvgIpc) is 2.70. The Bertz CT molecular complexity index is 672. The minimum Gasteiger partial charge on any atom is -0.478 e. The summed E-state index contributed by atoms with van der Waals surface area (Å²) in [5, 5.41) is 14.0. The Balaban J connectivity index is 2.45. The second-order valence-electron chi connectivity index (χ2n) is 5.85. The lowest BCUT2D eigenvalue weighted by atomic mass is 9.89. The SMILES string of the molecule is CC(C)(C)c1nn(Cc2ccc(Br)cc2)c(Cl)c1C(=O)O. The van der Waals surface area contributed by atoms with Crippen molar-refractivity contribution in [1.29, 1.82) is 0 Å². The molecule has 1 aromatic heterocycles. The molecule has 0 aliphatic heterocycles. The Morgan fingerprint density at radius 3 is 2.33 bits per heavy atom. The van der Waals surface area contributed by atoms with Gasteiger partial charge >= 0.3 is 5.97 Å². The number of benzene rings is 1. The van der Waals surface area contributed by atoms with E-state index in [1.165, 1.54) is 4.68 Å². The molecule has 0 spiro atoms. The Kier molecular flexibility index (Phi) is 4.44. The first-order valence-electron chi connectivity index (χ1n) is 6.44. The first kappa shape index (κ1) is 16.0. The molecule has 0 saturated heterocycles. The predicted octanol–water partition coefficient (Wildman–Crippen LogP) is 4.34. The summed E-state index contributed by atoms with van der Waals surface area (Å²) in [6, 6.07) is 7.74. The fourth-order valence-electron chi connectivity index (χ4n) is 2.02. The minimum absolute atomic E-state index is 0.0845. The molecule has 0 atom stereocenters. The van der Waals surface area contributed by atoms with Crippen LogP contribution in [0.5, 0.6) is 0 Å². The molecule has 0 bridgehead atoms. The van der Waals surface area contributed by atoms with Crippen LogP contribution >= 0.6 is 27.5 Å². The van der Waals surface area contributed by atoms with Crippen molar-refractivity contribution in [3.05, 3.63) is 50.7 Å². The fraction of sp³-hybridized carbons (Fsp3) is 0.333. The molecule has 0 radical (unpaired) electrons. The number of carbonyl (C=O) groups is 1. The van der Waals surface area contributed by atoms with E-state index in [9.17, 15) is 9.90 Å². The van der Waals surface area contributed by atoms with Gasteiger partial charge in [-0.15, -0.1) is 0 Å². The quantitative estimate of drug-likeness (QED) is 0.873. The Labute approximate surface area is 136 Å². The molecule has 0 unspecified atom stereocenters. The molecule has 21 heavy (non-hydrogen) atoms. The highest BCUT2D eigenvalue weighted by molar-refractivity contribution is 9.10. The molecule has 112 valence electrons. The largest absolute Gasteiger partial charge is 0.478 e. The van der Waals surface area contributed by atoms with Gasteiger partial charge in [0.15, 0.2) is 0 Å². The number of carboxylic acid groups (broad SMARTS) is 1. The van der Waals surface area contributed by atoms with Crippen molar-refractivity contribution in [3.63, 3.8) is 0 Å². The van der Waals surface area contributed by atoms with Crippen molar-refractivity contribution in [1.82, 2.24) is 9.78 Å². The van der Waals surface area contributed by atoms with E-state index in [0.717, 1.165) is 10.0 Å². The highest BCUT2D eigenvalue weighted by Crippen LogP contribution is 2.30. The van der Waals surface area contributed by atoms with E-state index in [1.807, 2.05) is 45.0 Å². The van der Waals surface area contributed by atoms with Gasteiger partial charge < -0.3 is 5.11 Å². The van der Waals surface area contributed by atoms with E-state index < -0.39 is 5.97 Å². The zero-order valence-corrected chi connectivity index (χ0v) is 14.4. The van der Waals surface area contributed by atoms with Crippen LogP contribution in [0.3, 0.4) is 0 Å². The molecular weight excluding hydrogens is 356 g/mol. The van der Waals surface area contributed by atoms with Crippen LogP contribution in [0.15, 0.2) is 28.7 Å². The van der Waals surface area contributed by atoms with Gasteiger partial charge in [0, 0.05) is 9.89 Å². The summed E-state index contributed by atoms with van der Waals surface area (Å²) in [5.74, 6) is -1.05. The third-order valence-electron chi connectivity index (χ3n) is 3.06. The molecule has 1 N–H and O–H groups in total. The molecule has 1 heterocycles. The molecule has 0 aliphatic rings. The van der Waals surface area contributed by atoms with Gasteiger partial charge in [0.05, 0.1) is 12.2 Å². The summed E-state index contributed by atoms with van der Waals surface area (Å²) in [7, 11) is 0. The molecule has 2 rings (SSSR count). The number of hydrogen-bond donors (Lipinski definition) is 1. The van der Waals surface area contributed by atoms with Crippen molar-refractivity contribution in [2.75, 3.05) is 0 Å². The monoisotopic (exact) mass is 370 g/mol. The van der Waals surface area contributed by atoms with Gasteiger partial charge in [-0.3, -0.25) is 0 Å². The van der Waals surface area contributed by atoms with Crippen molar-refractivity contribution in [3.8, 4) is 0 Å². The maximum atomic E-state index is 11.5. The lowest BCUT2D eigenvalue weighted by Crippen LogP contribution is -2.17. The molecule has 0 fully saturated rings. The van der Waals surface area contributed by atoms with Crippen LogP contribution in [0.4, 0.5) is 0 Å². The third-order valence-corrected chi connectivity index (χ3v) is 3.97. The molecule has 1 aromatic carbocycles. The summed E-state index contributed by atoms with van der Waals surface area (Å²) >= 11 is 9.60. The number of rotatable bonds is 3. The molecular formula is C15H16BrClN2O2. The van der Waals surface area contributed by atoms with Crippen LogP contribution in [0.25, 0.3) is 0 Å². The van der Waals surface area contributed by atoms with Gasteiger partial charge in [0.25, 0.3) is 0 Å². The highest BCUT2D eigenvalue weighted by atomic mass is 79.9. The lowest BCUT2D eigenvalue weighted by Gasteiger charge is -2.15. The van der Waals surface area contributed by atoms with Crippen molar-refractivity contribution in [2.24, 2.45) is 0 Å². The predicted molar refractivity (Wildman–Crippen MR) is 86.1 cm³/mol. The van der Waals surface area contributed by atoms with Gasteiger partial charge in [0.2, 0.25) is 0 Å². The topological polar surface area (TPSA) is 55.1 Å². The van der Waals surface area contributed by atoms with E-state index in [2.05, 4.69) is 21.0 Å². The summed E-state index contributed by atoms with van der Waals surface area (Å²) < 4.78 is 2.52. The fourth-order valence-corrected chi connectivity index (χ4v) is 2.56. The second-order valence-corrected chi connectivity index (χ2v) is 7.13. The number of hydrogen-bond acceptors (Lipinski definition) is 2. The van der Waals surface area contributed by atoms with E-state index in [1.54, 1.807) is 0 Å².